The van der Waals surface area contributed by atoms with Gasteiger partial charge in [-0.25, -0.2) is 4.79 Å². The first-order valence-corrected chi connectivity index (χ1v) is 2.79. The predicted molar refractivity (Wildman–Crippen MR) is 33.9 cm³/mol. The molecule has 1 fully saturated rings. The molecular formula is C6H6N2O2. The molecule has 0 saturated carbocycles. The summed E-state index contributed by atoms with van der Waals surface area (Å²) in [5.41, 5.74) is 0. The monoisotopic (exact) mass is 138 g/mol. The summed E-state index contributed by atoms with van der Waals surface area (Å²) in [6.07, 6.45) is 5.18. The second-order valence-electron chi connectivity index (χ2n) is 1.92. The van der Waals surface area contributed by atoms with Gasteiger partial charge in [-0.2, -0.15) is 0 Å². The van der Waals surface area contributed by atoms with Crippen molar-refractivity contribution in [1.29, 1.82) is 0 Å². The average molecular weight is 138 g/mol. The first-order valence-electron chi connectivity index (χ1n) is 2.79. The zero-order valence-electron chi connectivity index (χ0n) is 5.18. The normalized spacial score (nSPS) is 23.3. The van der Waals surface area contributed by atoms with E-state index in [1.807, 2.05) is 0 Å². The number of terminal acetylenes is 1. The van der Waals surface area contributed by atoms with Crippen LogP contribution in [-0.2, 0) is 4.79 Å². The Hall–Kier alpha value is -1.50. The highest BCUT2D eigenvalue weighted by atomic mass is 16.2. The van der Waals surface area contributed by atoms with E-state index in [2.05, 4.69) is 16.6 Å². The maximum atomic E-state index is 10.7. The number of carbonyl (C=O) groups excluding carboxylic acids is 2. The van der Waals surface area contributed by atoms with Gasteiger partial charge in [0.2, 0.25) is 0 Å². The summed E-state index contributed by atoms with van der Waals surface area (Å²) in [6.45, 7) is 0. The van der Waals surface area contributed by atoms with E-state index in [0.717, 1.165) is 0 Å². The Kier molecular flexibility index (Phi) is 1.59. The number of amides is 3. The summed E-state index contributed by atoms with van der Waals surface area (Å²) in [6, 6.07) is -0.997. The molecule has 4 heteroatoms. The smallest absolute Gasteiger partial charge is 0.322 e. The highest BCUT2D eigenvalue weighted by molar-refractivity contribution is 6.04. The van der Waals surface area contributed by atoms with Gasteiger partial charge in [-0.15, -0.1) is 12.3 Å². The lowest BCUT2D eigenvalue weighted by atomic mass is 10.2. The minimum atomic E-state index is -0.530. The quantitative estimate of drug-likeness (QED) is 0.369. The third-order valence-electron chi connectivity index (χ3n) is 1.18. The van der Waals surface area contributed by atoms with Crippen LogP contribution in [0.3, 0.4) is 0 Å². The summed E-state index contributed by atoms with van der Waals surface area (Å²) in [7, 11) is 0. The molecule has 1 aliphatic rings. The van der Waals surface area contributed by atoms with Gasteiger partial charge < -0.3 is 5.32 Å². The molecular weight excluding hydrogens is 132 g/mol. The highest BCUT2D eigenvalue weighted by Crippen LogP contribution is 1.95. The molecule has 0 aromatic carbocycles. The fourth-order valence-electron chi connectivity index (χ4n) is 0.720. The molecule has 1 atom stereocenters. The minimum Gasteiger partial charge on any atom is -0.325 e. The maximum absolute atomic E-state index is 10.7. The van der Waals surface area contributed by atoms with E-state index in [1.54, 1.807) is 0 Å². The summed E-state index contributed by atoms with van der Waals surface area (Å²) in [5.74, 6) is 1.94. The van der Waals surface area contributed by atoms with Crippen LogP contribution in [0, 0.1) is 12.3 Å². The van der Waals surface area contributed by atoms with Crippen LogP contribution < -0.4 is 10.6 Å². The number of rotatable bonds is 1. The molecule has 0 unspecified atom stereocenters. The van der Waals surface area contributed by atoms with Crippen LogP contribution in [0.15, 0.2) is 0 Å². The molecule has 1 saturated heterocycles. The van der Waals surface area contributed by atoms with Gasteiger partial charge in [0.15, 0.2) is 0 Å². The molecule has 52 valence electrons. The van der Waals surface area contributed by atoms with Crippen molar-refractivity contribution in [3.8, 4) is 12.3 Å². The van der Waals surface area contributed by atoms with E-state index in [1.165, 1.54) is 0 Å². The van der Waals surface area contributed by atoms with Gasteiger partial charge in [0.1, 0.15) is 6.04 Å². The van der Waals surface area contributed by atoms with Crippen LogP contribution in [0.4, 0.5) is 4.79 Å². The summed E-state index contributed by atoms with van der Waals surface area (Å²) in [4.78, 5) is 21.1. The zero-order valence-corrected chi connectivity index (χ0v) is 5.18. The highest BCUT2D eigenvalue weighted by Gasteiger charge is 2.27. The topological polar surface area (TPSA) is 58.2 Å². The van der Waals surface area contributed by atoms with Crippen LogP contribution >= 0.6 is 0 Å². The Balaban J connectivity index is 2.56. The zero-order chi connectivity index (χ0) is 7.56. The van der Waals surface area contributed by atoms with Crippen molar-refractivity contribution in [2.24, 2.45) is 0 Å². The molecule has 0 aromatic heterocycles. The number of nitrogens with one attached hydrogen (secondary N) is 2. The number of hydrogen-bond donors (Lipinski definition) is 2. The molecule has 1 heterocycles. The molecule has 0 aliphatic carbocycles. The standard InChI is InChI=1S/C6H6N2O2/c1-2-3-4-5(9)8-6(10)7-4/h1,4H,3H2,(H2,7,8,9,10)/t4-/m1/s1. The summed E-state index contributed by atoms with van der Waals surface area (Å²) in [5, 5.41) is 4.43. The van der Waals surface area contributed by atoms with E-state index in [4.69, 9.17) is 6.42 Å². The van der Waals surface area contributed by atoms with Crippen LogP contribution in [0.1, 0.15) is 6.42 Å². The van der Waals surface area contributed by atoms with Crippen LogP contribution in [0.25, 0.3) is 0 Å². The van der Waals surface area contributed by atoms with Crippen molar-refractivity contribution in [1.82, 2.24) is 10.6 Å². The van der Waals surface area contributed by atoms with E-state index in [9.17, 15) is 9.59 Å². The second-order valence-corrected chi connectivity index (χ2v) is 1.92. The average Bonchev–Trinajstić information content (AvgIpc) is 2.13. The Bertz CT molecular complexity index is 216. The first kappa shape index (κ1) is 6.62. The Morgan fingerprint density at radius 2 is 2.30 bits per heavy atom. The van der Waals surface area contributed by atoms with E-state index >= 15 is 0 Å². The molecule has 1 rings (SSSR count). The van der Waals surface area contributed by atoms with Crippen LogP contribution in [0.5, 0.6) is 0 Å². The van der Waals surface area contributed by atoms with Gasteiger partial charge in [-0.05, 0) is 0 Å². The van der Waals surface area contributed by atoms with E-state index in [0.29, 0.717) is 0 Å². The lowest BCUT2D eigenvalue weighted by Gasteiger charge is -1.98. The van der Waals surface area contributed by atoms with Crippen molar-refractivity contribution in [3.05, 3.63) is 0 Å². The fraction of sp³-hybridized carbons (Fsp3) is 0.333. The molecule has 3 amide bonds. The van der Waals surface area contributed by atoms with Gasteiger partial charge in [-0.3, -0.25) is 10.1 Å². The summed E-state index contributed by atoms with van der Waals surface area (Å²) < 4.78 is 0. The predicted octanol–water partition coefficient (Wildman–Crippen LogP) is -0.782. The molecule has 0 bridgehead atoms. The Labute approximate surface area is 58.0 Å². The number of carbonyl (C=O) groups is 2. The number of imide groups is 1. The van der Waals surface area contributed by atoms with E-state index < -0.39 is 12.1 Å². The molecule has 0 aromatic rings. The van der Waals surface area contributed by atoms with Gasteiger partial charge in [0.25, 0.3) is 5.91 Å². The third kappa shape index (κ3) is 1.08. The van der Waals surface area contributed by atoms with Gasteiger partial charge in [-0.1, -0.05) is 0 Å². The lowest BCUT2D eigenvalue weighted by Crippen LogP contribution is -2.27. The Morgan fingerprint density at radius 3 is 2.70 bits per heavy atom. The molecule has 2 N–H and O–H groups in total. The largest absolute Gasteiger partial charge is 0.325 e. The molecule has 10 heavy (non-hydrogen) atoms. The lowest BCUT2D eigenvalue weighted by molar-refractivity contribution is -0.120. The third-order valence-corrected chi connectivity index (χ3v) is 1.18. The van der Waals surface area contributed by atoms with Gasteiger partial charge >= 0.3 is 6.03 Å². The molecule has 1 aliphatic heterocycles. The van der Waals surface area contributed by atoms with Crippen molar-refractivity contribution in [2.75, 3.05) is 0 Å². The summed E-state index contributed by atoms with van der Waals surface area (Å²) >= 11 is 0. The van der Waals surface area contributed by atoms with Gasteiger partial charge in [0, 0.05) is 6.42 Å². The van der Waals surface area contributed by atoms with Crippen molar-refractivity contribution in [3.63, 3.8) is 0 Å². The van der Waals surface area contributed by atoms with Crippen LogP contribution in [-0.4, -0.2) is 18.0 Å². The second kappa shape index (κ2) is 2.40. The first-order chi connectivity index (χ1) is 4.74. The van der Waals surface area contributed by atoms with Gasteiger partial charge in [0.05, 0.1) is 0 Å². The molecule has 0 spiro atoms. The molecule has 4 nitrogen and oxygen atoms in total. The number of urea groups is 1. The van der Waals surface area contributed by atoms with Crippen LogP contribution in [0.2, 0.25) is 0 Å². The fourth-order valence-corrected chi connectivity index (χ4v) is 0.720. The van der Waals surface area contributed by atoms with Crippen molar-refractivity contribution < 1.29 is 9.59 Å². The number of hydrogen-bond acceptors (Lipinski definition) is 2. The Morgan fingerprint density at radius 1 is 1.60 bits per heavy atom. The minimum absolute atomic E-state index is 0.248. The van der Waals surface area contributed by atoms with Crippen molar-refractivity contribution in [2.45, 2.75) is 12.5 Å². The maximum Gasteiger partial charge on any atom is 0.322 e. The molecule has 0 radical (unpaired) electrons. The van der Waals surface area contributed by atoms with Crippen molar-refractivity contribution >= 4 is 11.9 Å². The SMILES string of the molecule is C#CC[C@H]1NC(=O)NC1=O. The van der Waals surface area contributed by atoms with E-state index in [-0.39, 0.29) is 12.3 Å².